The van der Waals surface area contributed by atoms with Gasteiger partial charge in [0.25, 0.3) is 5.91 Å². The van der Waals surface area contributed by atoms with E-state index in [1.807, 2.05) is 31.2 Å². The molecule has 0 spiro atoms. The molecule has 8 heteroatoms. The summed E-state index contributed by atoms with van der Waals surface area (Å²) in [6.07, 6.45) is 2.55. The molecule has 28 heavy (non-hydrogen) atoms. The molecule has 1 aromatic carbocycles. The number of rotatable bonds is 7. The Morgan fingerprint density at radius 3 is 3.04 bits per heavy atom. The molecule has 1 aromatic heterocycles. The molecule has 0 aliphatic carbocycles. The van der Waals surface area contributed by atoms with Crippen LogP contribution in [0.15, 0.2) is 29.6 Å². The van der Waals surface area contributed by atoms with Gasteiger partial charge in [-0.3, -0.25) is 9.59 Å². The Labute approximate surface area is 169 Å². The minimum Gasteiger partial charge on any atom is -0.497 e. The molecule has 0 saturated carbocycles. The monoisotopic (exact) mass is 402 g/mol. The summed E-state index contributed by atoms with van der Waals surface area (Å²) in [6, 6.07) is 7.53. The molecular weight excluding hydrogens is 376 g/mol. The number of piperidine rings is 1. The zero-order chi connectivity index (χ0) is 19.9. The highest BCUT2D eigenvalue weighted by atomic mass is 32.1. The van der Waals surface area contributed by atoms with E-state index in [0.717, 1.165) is 30.7 Å². The molecule has 2 heterocycles. The maximum Gasteiger partial charge on any atom is 0.273 e. The van der Waals surface area contributed by atoms with Crippen molar-refractivity contribution in [2.75, 3.05) is 32.1 Å². The molecule has 2 amide bonds. The summed E-state index contributed by atoms with van der Waals surface area (Å²) in [5, 5.41) is 8.53. The summed E-state index contributed by atoms with van der Waals surface area (Å²) >= 11 is 1.38. The molecule has 0 bridgehead atoms. The molecule has 2 N–H and O–H groups in total. The number of carbonyl (C=O) groups is 2. The third kappa shape index (κ3) is 5.01. The van der Waals surface area contributed by atoms with Crippen molar-refractivity contribution in [2.24, 2.45) is 5.92 Å². The Bertz CT molecular complexity index is 823. The summed E-state index contributed by atoms with van der Waals surface area (Å²) < 4.78 is 5.22. The first-order valence-corrected chi connectivity index (χ1v) is 10.4. The number of likely N-dealkylation sites (tertiary alicyclic amines) is 1. The van der Waals surface area contributed by atoms with Gasteiger partial charge in [-0.05, 0) is 31.4 Å². The van der Waals surface area contributed by atoms with Gasteiger partial charge in [-0.15, -0.1) is 11.3 Å². The van der Waals surface area contributed by atoms with Crippen LogP contribution < -0.4 is 15.4 Å². The van der Waals surface area contributed by atoms with Crippen molar-refractivity contribution in [1.82, 2.24) is 15.2 Å². The van der Waals surface area contributed by atoms with Crippen molar-refractivity contribution >= 4 is 34.0 Å². The molecule has 1 fully saturated rings. The van der Waals surface area contributed by atoms with E-state index in [1.165, 1.54) is 11.3 Å². The number of hydrogen-bond donors (Lipinski definition) is 2. The first-order valence-electron chi connectivity index (χ1n) is 9.54. The molecule has 1 atom stereocenters. The standard InChI is InChI=1S/C20H26N4O3S/c1-3-9-21-18(25)14-6-5-10-24(12-14)19(26)17-13-28-20(23-17)22-15-7-4-8-16(11-15)27-2/h4,7-8,11,13-14H,3,5-6,9-10,12H2,1-2H3,(H,21,25)(H,22,23). The van der Waals surface area contributed by atoms with E-state index in [0.29, 0.717) is 30.5 Å². The number of benzene rings is 1. The smallest absolute Gasteiger partial charge is 0.273 e. The quantitative estimate of drug-likeness (QED) is 0.743. The molecule has 1 saturated heterocycles. The van der Waals surface area contributed by atoms with E-state index in [1.54, 1.807) is 17.4 Å². The minimum absolute atomic E-state index is 0.0398. The van der Waals surface area contributed by atoms with Crippen LogP contribution >= 0.6 is 11.3 Å². The molecule has 3 rings (SSSR count). The molecule has 1 unspecified atom stereocenters. The van der Waals surface area contributed by atoms with Crippen LogP contribution in [-0.4, -0.2) is 48.4 Å². The van der Waals surface area contributed by atoms with Crippen LogP contribution in [0.5, 0.6) is 5.75 Å². The fourth-order valence-corrected chi connectivity index (χ4v) is 3.89. The predicted molar refractivity (Wildman–Crippen MR) is 110 cm³/mol. The number of amides is 2. The van der Waals surface area contributed by atoms with Crippen molar-refractivity contribution < 1.29 is 14.3 Å². The van der Waals surface area contributed by atoms with Crippen molar-refractivity contribution in [1.29, 1.82) is 0 Å². The lowest BCUT2D eigenvalue weighted by molar-refractivity contribution is -0.126. The average molecular weight is 403 g/mol. The van der Waals surface area contributed by atoms with Crippen molar-refractivity contribution in [3.8, 4) is 5.75 Å². The summed E-state index contributed by atoms with van der Waals surface area (Å²) in [6.45, 7) is 3.81. The lowest BCUT2D eigenvalue weighted by Gasteiger charge is -2.31. The summed E-state index contributed by atoms with van der Waals surface area (Å²) in [5.41, 5.74) is 1.25. The largest absolute Gasteiger partial charge is 0.497 e. The van der Waals surface area contributed by atoms with Crippen LogP contribution in [0.25, 0.3) is 0 Å². The van der Waals surface area contributed by atoms with Gasteiger partial charge in [-0.25, -0.2) is 4.98 Å². The third-order valence-corrected chi connectivity index (χ3v) is 5.43. The van der Waals surface area contributed by atoms with E-state index < -0.39 is 0 Å². The van der Waals surface area contributed by atoms with Gasteiger partial charge < -0.3 is 20.3 Å². The first-order chi connectivity index (χ1) is 13.6. The van der Waals surface area contributed by atoms with Gasteiger partial charge in [0.15, 0.2) is 5.13 Å². The molecule has 150 valence electrons. The number of aromatic nitrogens is 1. The summed E-state index contributed by atoms with van der Waals surface area (Å²) in [5.74, 6) is 0.525. The Morgan fingerprint density at radius 1 is 1.39 bits per heavy atom. The SMILES string of the molecule is CCCNC(=O)C1CCCN(C(=O)c2csc(Nc3cccc(OC)c3)n2)C1. The maximum absolute atomic E-state index is 12.8. The predicted octanol–water partition coefficient (Wildman–Crippen LogP) is 3.27. The number of nitrogens with zero attached hydrogens (tertiary/aromatic N) is 2. The van der Waals surface area contributed by atoms with Gasteiger partial charge >= 0.3 is 0 Å². The highest BCUT2D eigenvalue weighted by Crippen LogP contribution is 2.25. The van der Waals surface area contributed by atoms with E-state index in [-0.39, 0.29) is 17.7 Å². The number of nitrogens with one attached hydrogen (secondary N) is 2. The van der Waals surface area contributed by atoms with E-state index >= 15 is 0 Å². The molecule has 1 aliphatic heterocycles. The van der Waals surface area contributed by atoms with Gasteiger partial charge in [0.2, 0.25) is 5.91 Å². The van der Waals surface area contributed by atoms with Crippen LogP contribution in [0.2, 0.25) is 0 Å². The second-order valence-electron chi connectivity index (χ2n) is 6.78. The Morgan fingerprint density at radius 2 is 2.25 bits per heavy atom. The van der Waals surface area contributed by atoms with Gasteiger partial charge in [0, 0.05) is 36.8 Å². The molecule has 7 nitrogen and oxygen atoms in total. The van der Waals surface area contributed by atoms with Crippen molar-refractivity contribution in [2.45, 2.75) is 26.2 Å². The maximum atomic E-state index is 12.8. The number of hydrogen-bond acceptors (Lipinski definition) is 6. The van der Waals surface area contributed by atoms with E-state index in [2.05, 4.69) is 15.6 Å². The number of methoxy groups -OCH3 is 1. The number of carbonyl (C=O) groups excluding carboxylic acids is 2. The number of thiazole rings is 1. The average Bonchev–Trinajstić information content (AvgIpc) is 3.20. The zero-order valence-electron chi connectivity index (χ0n) is 16.2. The second kappa shape index (κ2) is 9.54. The fourth-order valence-electron chi connectivity index (χ4n) is 3.18. The fraction of sp³-hybridized carbons (Fsp3) is 0.450. The lowest BCUT2D eigenvalue weighted by Crippen LogP contribution is -2.45. The van der Waals surface area contributed by atoms with Crippen LogP contribution in [0.1, 0.15) is 36.7 Å². The third-order valence-electron chi connectivity index (χ3n) is 4.67. The molecular formula is C20H26N4O3S. The van der Waals surface area contributed by atoms with Gasteiger partial charge in [0.05, 0.1) is 13.0 Å². The van der Waals surface area contributed by atoms with E-state index in [4.69, 9.17) is 4.74 Å². The zero-order valence-corrected chi connectivity index (χ0v) is 17.1. The van der Waals surface area contributed by atoms with Crippen molar-refractivity contribution in [3.63, 3.8) is 0 Å². The minimum atomic E-state index is -0.141. The number of anilines is 2. The Kier molecular flexibility index (Phi) is 6.86. The van der Waals surface area contributed by atoms with Crippen LogP contribution in [0, 0.1) is 5.92 Å². The van der Waals surface area contributed by atoms with Crippen LogP contribution in [0.3, 0.4) is 0 Å². The molecule has 0 radical (unpaired) electrons. The highest BCUT2D eigenvalue weighted by molar-refractivity contribution is 7.14. The lowest BCUT2D eigenvalue weighted by atomic mass is 9.97. The summed E-state index contributed by atoms with van der Waals surface area (Å²) in [4.78, 5) is 31.2. The Hall–Kier alpha value is -2.61. The topological polar surface area (TPSA) is 83.6 Å². The first kappa shape index (κ1) is 20.1. The molecule has 2 aromatic rings. The normalized spacial score (nSPS) is 16.5. The van der Waals surface area contributed by atoms with E-state index in [9.17, 15) is 9.59 Å². The molecule has 1 aliphatic rings. The van der Waals surface area contributed by atoms with Crippen LogP contribution in [0.4, 0.5) is 10.8 Å². The van der Waals surface area contributed by atoms with Crippen molar-refractivity contribution in [3.05, 3.63) is 35.3 Å². The van der Waals surface area contributed by atoms with Gasteiger partial charge in [-0.2, -0.15) is 0 Å². The Balaban J connectivity index is 1.62. The highest BCUT2D eigenvalue weighted by Gasteiger charge is 2.29. The summed E-state index contributed by atoms with van der Waals surface area (Å²) in [7, 11) is 1.62. The number of ether oxygens (including phenoxy) is 1. The van der Waals surface area contributed by atoms with Gasteiger partial charge in [-0.1, -0.05) is 13.0 Å². The van der Waals surface area contributed by atoms with Crippen LogP contribution in [-0.2, 0) is 4.79 Å². The van der Waals surface area contributed by atoms with Gasteiger partial charge in [0.1, 0.15) is 11.4 Å². The second-order valence-corrected chi connectivity index (χ2v) is 7.63.